The lowest BCUT2D eigenvalue weighted by atomic mass is 10.1. The summed E-state index contributed by atoms with van der Waals surface area (Å²) in [5, 5.41) is 1.28. The first kappa shape index (κ1) is 19.5. The Morgan fingerprint density at radius 3 is 2.87 bits per heavy atom. The third-order valence-corrected chi connectivity index (χ3v) is 6.43. The van der Waals surface area contributed by atoms with E-state index in [1.807, 2.05) is 17.0 Å². The highest BCUT2D eigenvalue weighted by atomic mass is 79.9. The Bertz CT molecular complexity index is 1110. The highest BCUT2D eigenvalue weighted by Crippen LogP contribution is 2.38. The van der Waals surface area contributed by atoms with Crippen molar-refractivity contribution in [2.75, 3.05) is 33.5 Å². The van der Waals surface area contributed by atoms with Crippen molar-refractivity contribution in [3.8, 4) is 11.5 Å². The molecule has 30 heavy (non-hydrogen) atoms. The van der Waals surface area contributed by atoms with Gasteiger partial charge in [0.25, 0.3) is 5.91 Å². The van der Waals surface area contributed by atoms with Crippen LogP contribution in [0.25, 0.3) is 10.9 Å². The summed E-state index contributed by atoms with van der Waals surface area (Å²) in [7, 11) is 2.14. The van der Waals surface area contributed by atoms with Crippen molar-refractivity contribution in [3.05, 3.63) is 57.7 Å². The normalized spacial score (nSPS) is 14.9. The number of nitrogens with one attached hydrogen (secondary N) is 1. The molecule has 1 aromatic heterocycles. The Morgan fingerprint density at radius 1 is 1.17 bits per heavy atom. The molecular weight excluding hydrogens is 446 g/mol. The van der Waals surface area contributed by atoms with Crippen molar-refractivity contribution < 1.29 is 14.3 Å². The summed E-state index contributed by atoms with van der Waals surface area (Å²) in [5.74, 6) is 1.51. The highest BCUT2D eigenvalue weighted by molar-refractivity contribution is 9.10. The van der Waals surface area contributed by atoms with Crippen LogP contribution in [0.2, 0.25) is 0 Å². The molecule has 0 aliphatic carbocycles. The number of benzene rings is 2. The van der Waals surface area contributed by atoms with E-state index in [4.69, 9.17) is 9.47 Å². The Hall–Kier alpha value is -2.51. The van der Waals surface area contributed by atoms with E-state index in [1.54, 1.807) is 0 Å². The van der Waals surface area contributed by atoms with Gasteiger partial charge in [-0.15, -0.1) is 0 Å². The molecule has 5 rings (SSSR count). The largest absolute Gasteiger partial charge is 0.454 e. The number of carbonyl (C=O) groups excluding carboxylic acids is 1. The molecule has 0 bridgehead atoms. The van der Waals surface area contributed by atoms with Gasteiger partial charge in [0.1, 0.15) is 0 Å². The number of rotatable bonds is 7. The minimum atomic E-state index is 0.0929. The van der Waals surface area contributed by atoms with Crippen LogP contribution in [0.1, 0.15) is 27.9 Å². The lowest BCUT2D eigenvalue weighted by Crippen LogP contribution is -2.29. The average Bonchev–Trinajstić information content (AvgIpc) is 3.43. The molecule has 1 N–H and O–H groups in total. The van der Waals surface area contributed by atoms with Gasteiger partial charge in [0, 0.05) is 46.8 Å². The molecule has 3 heterocycles. The lowest BCUT2D eigenvalue weighted by Gasteiger charge is -2.20. The summed E-state index contributed by atoms with van der Waals surface area (Å²) in [4.78, 5) is 20.3. The number of aromatic amines is 1. The number of hydrogen-bond donors (Lipinski definition) is 1. The molecule has 1 amide bonds. The number of H-pyrrole nitrogens is 1. The first-order chi connectivity index (χ1) is 14.6. The Labute approximate surface area is 183 Å². The number of ether oxygens (including phenoxy) is 2. The summed E-state index contributed by atoms with van der Waals surface area (Å²) < 4.78 is 11.9. The molecular formula is C23H24BrN3O3. The number of likely N-dealkylation sites (N-methyl/N-ethyl adjacent to an activating group) is 1. The number of fused-ring (bicyclic) bond motifs is 3. The first-order valence-corrected chi connectivity index (χ1v) is 11.0. The molecule has 2 aliphatic heterocycles. The van der Waals surface area contributed by atoms with Crippen LogP contribution in [0, 0.1) is 0 Å². The number of halogens is 1. The molecule has 0 unspecified atom stereocenters. The second-order valence-electron chi connectivity index (χ2n) is 8.00. The smallest absolute Gasteiger partial charge is 0.254 e. The van der Waals surface area contributed by atoms with Crippen LogP contribution in [-0.2, 0) is 13.0 Å². The molecule has 7 heteroatoms. The number of carbonyl (C=O) groups is 1. The van der Waals surface area contributed by atoms with Gasteiger partial charge >= 0.3 is 0 Å². The minimum Gasteiger partial charge on any atom is -0.454 e. The molecule has 6 nitrogen and oxygen atoms in total. The van der Waals surface area contributed by atoms with Crippen molar-refractivity contribution in [1.29, 1.82) is 0 Å². The molecule has 3 aromatic rings. The van der Waals surface area contributed by atoms with Gasteiger partial charge in [-0.1, -0.05) is 15.9 Å². The Balaban J connectivity index is 1.12. The van der Waals surface area contributed by atoms with Crippen molar-refractivity contribution in [3.63, 3.8) is 0 Å². The van der Waals surface area contributed by atoms with E-state index < -0.39 is 0 Å². The van der Waals surface area contributed by atoms with Crippen LogP contribution in [0.3, 0.4) is 0 Å². The third-order valence-electron chi connectivity index (χ3n) is 5.94. The quantitative estimate of drug-likeness (QED) is 0.563. The monoisotopic (exact) mass is 469 g/mol. The number of hydrogen-bond acceptors (Lipinski definition) is 4. The van der Waals surface area contributed by atoms with Crippen molar-refractivity contribution in [2.24, 2.45) is 0 Å². The molecule has 0 spiro atoms. The van der Waals surface area contributed by atoms with Crippen molar-refractivity contribution in [2.45, 2.75) is 19.4 Å². The maximum Gasteiger partial charge on any atom is 0.254 e. The van der Waals surface area contributed by atoms with E-state index in [9.17, 15) is 4.79 Å². The van der Waals surface area contributed by atoms with Gasteiger partial charge in [-0.25, -0.2) is 0 Å². The topological polar surface area (TPSA) is 57.8 Å². The van der Waals surface area contributed by atoms with E-state index in [-0.39, 0.29) is 12.7 Å². The maximum absolute atomic E-state index is 12.7. The minimum absolute atomic E-state index is 0.0929. The van der Waals surface area contributed by atoms with Gasteiger partial charge < -0.3 is 24.3 Å². The zero-order valence-electron chi connectivity index (χ0n) is 16.9. The number of aromatic nitrogens is 1. The standard InChI is InChI=1S/C23H24BrN3O3/c1-26(8-5-15-12-25-20-4-3-17(24)10-18(15)20)6-2-7-27-13-16-9-21-22(30-14-29-21)11-19(16)23(27)28/h3-4,9-12,25H,2,5-8,13-14H2,1H3. The summed E-state index contributed by atoms with van der Waals surface area (Å²) >= 11 is 3.56. The summed E-state index contributed by atoms with van der Waals surface area (Å²) in [5.41, 5.74) is 4.28. The van der Waals surface area contributed by atoms with Crippen LogP contribution in [0.4, 0.5) is 0 Å². The number of amides is 1. The van der Waals surface area contributed by atoms with Gasteiger partial charge in [0.05, 0.1) is 0 Å². The van der Waals surface area contributed by atoms with E-state index in [1.165, 1.54) is 16.5 Å². The summed E-state index contributed by atoms with van der Waals surface area (Å²) in [6.07, 6.45) is 4.05. The third kappa shape index (κ3) is 3.68. The Morgan fingerprint density at radius 2 is 2.00 bits per heavy atom. The predicted octanol–water partition coefficient (Wildman–Crippen LogP) is 4.18. The van der Waals surface area contributed by atoms with Gasteiger partial charge in [0.15, 0.2) is 11.5 Å². The SMILES string of the molecule is CN(CCCN1Cc2cc3c(cc2C1=O)OCO3)CCc1c[nH]c2ccc(Br)cc12. The molecule has 156 valence electrons. The van der Waals surface area contributed by atoms with Gasteiger partial charge in [-0.2, -0.15) is 0 Å². The van der Waals surface area contributed by atoms with E-state index in [0.717, 1.165) is 53.8 Å². The molecule has 2 aromatic carbocycles. The maximum atomic E-state index is 12.7. The van der Waals surface area contributed by atoms with Crippen LogP contribution in [0.5, 0.6) is 11.5 Å². The van der Waals surface area contributed by atoms with E-state index in [0.29, 0.717) is 12.3 Å². The zero-order valence-corrected chi connectivity index (χ0v) is 18.5. The van der Waals surface area contributed by atoms with Crippen LogP contribution >= 0.6 is 15.9 Å². The van der Waals surface area contributed by atoms with E-state index in [2.05, 4.69) is 57.3 Å². The average molecular weight is 470 g/mol. The predicted molar refractivity (Wildman–Crippen MR) is 119 cm³/mol. The molecule has 0 saturated heterocycles. The zero-order chi connectivity index (χ0) is 20.7. The van der Waals surface area contributed by atoms with Crippen LogP contribution < -0.4 is 9.47 Å². The Kier molecular flexibility index (Phi) is 5.16. The summed E-state index contributed by atoms with van der Waals surface area (Å²) in [6.45, 7) is 3.57. The van der Waals surface area contributed by atoms with Crippen molar-refractivity contribution in [1.82, 2.24) is 14.8 Å². The molecule has 0 saturated carbocycles. The van der Waals surface area contributed by atoms with Crippen LogP contribution in [0.15, 0.2) is 41.0 Å². The summed E-state index contributed by atoms with van der Waals surface area (Å²) in [6, 6.07) is 10.1. The molecule has 0 atom stereocenters. The van der Waals surface area contributed by atoms with Gasteiger partial charge in [0.2, 0.25) is 6.79 Å². The fraction of sp³-hybridized carbons (Fsp3) is 0.348. The molecule has 0 fully saturated rings. The highest BCUT2D eigenvalue weighted by Gasteiger charge is 2.30. The number of nitrogens with zero attached hydrogens (tertiary/aromatic N) is 2. The van der Waals surface area contributed by atoms with E-state index >= 15 is 0 Å². The van der Waals surface area contributed by atoms with Gasteiger partial charge in [-0.3, -0.25) is 4.79 Å². The fourth-order valence-electron chi connectivity index (χ4n) is 4.25. The fourth-order valence-corrected chi connectivity index (χ4v) is 4.62. The van der Waals surface area contributed by atoms with Crippen LogP contribution in [-0.4, -0.2) is 54.2 Å². The second-order valence-corrected chi connectivity index (χ2v) is 8.92. The lowest BCUT2D eigenvalue weighted by molar-refractivity contribution is 0.0771. The molecule has 2 aliphatic rings. The first-order valence-electron chi connectivity index (χ1n) is 10.2. The second kappa shape index (κ2) is 7.96. The van der Waals surface area contributed by atoms with Gasteiger partial charge in [-0.05, 0) is 67.9 Å². The van der Waals surface area contributed by atoms with Crippen molar-refractivity contribution >= 4 is 32.7 Å². The molecule has 0 radical (unpaired) electrons.